The van der Waals surface area contributed by atoms with E-state index in [1.165, 1.54) is 25.8 Å². The average Bonchev–Trinajstić information content (AvgIpc) is 2.91. The van der Waals surface area contributed by atoms with Crippen molar-refractivity contribution in [2.24, 2.45) is 5.73 Å². The van der Waals surface area contributed by atoms with Crippen LogP contribution in [0.15, 0.2) is 24.3 Å². The van der Waals surface area contributed by atoms with E-state index in [0.29, 0.717) is 16.6 Å². The molecule has 2 atom stereocenters. The Morgan fingerprint density at radius 2 is 1.86 bits per heavy atom. The van der Waals surface area contributed by atoms with Gasteiger partial charge in [-0.3, -0.25) is 9.69 Å². The number of nitrogens with two attached hydrogens (primary N) is 1. The highest BCUT2D eigenvalue weighted by molar-refractivity contribution is 7.80. The maximum Gasteiger partial charge on any atom is 0.251 e. The fourth-order valence-electron chi connectivity index (χ4n) is 3.45. The highest BCUT2D eigenvalue weighted by atomic mass is 32.1. The number of piperidine rings is 1. The zero-order valence-corrected chi connectivity index (χ0v) is 12.9. The van der Waals surface area contributed by atoms with E-state index in [2.05, 4.69) is 10.2 Å². The molecule has 2 unspecified atom stereocenters. The van der Waals surface area contributed by atoms with Gasteiger partial charge in [0, 0.05) is 29.8 Å². The van der Waals surface area contributed by atoms with Crippen LogP contribution in [0.5, 0.6) is 0 Å². The lowest BCUT2D eigenvalue weighted by Gasteiger charge is -2.32. The Morgan fingerprint density at radius 3 is 2.57 bits per heavy atom. The van der Waals surface area contributed by atoms with Crippen LogP contribution in [-0.2, 0) is 0 Å². The van der Waals surface area contributed by atoms with Gasteiger partial charge in [-0.1, -0.05) is 30.8 Å². The van der Waals surface area contributed by atoms with E-state index in [1.54, 1.807) is 24.3 Å². The lowest BCUT2D eigenvalue weighted by molar-refractivity contribution is 0.0915. The Morgan fingerprint density at radius 1 is 1.14 bits per heavy atom. The third-order valence-corrected chi connectivity index (χ3v) is 4.84. The Balaban J connectivity index is 1.64. The maximum absolute atomic E-state index is 12.4. The molecule has 3 rings (SSSR count). The molecule has 1 aromatic rings. The highest BCUT2D eigenvalue weighted by Gasteiger charge is 2.36. The Labute approximate surface area is 130 Å². The number of amides is 1. The van der Waals surface area contributed by atoms with Crippen LogP contribution in [0, 0.1) is 0 Å². The molecule has 4 nitrogen and oxygen atoms in total. The van der Waals surface area contributed by atoms with Gasteiger partial charge in [-0.25, -0.2) is 0 Å². The fraction of sp³-hybridized carbons (Fsp3) is 0.500. The number of carbonyl (C=O) groups is 1. The predicted molar refractivity (Wildman–Crippen MR) is 87.4 cm³/mol. The second-order valence-electron chi connectivity index (χ2n) is 5.91. The van der Waals surface area contributed by atoms with Crippen molar-refractivity contribution >= 4 is 23.1 Å². The van der Waals surface area contributed by atoms with Gasteiger partial charge >= 0.3 is 0 Å². The summed E-state index contributed by atoms with van der Waals surface area (Å²) in [6.07, 6.45) is 4.82. The summed E-state index contributed by atoms with van der Waals surface area (Å²) in [4.78, 5) is 15.2. The number of nitrogens with one attached hydrogen (secondary N) is 1. The van der Waals surface area contributed by atoms with Crippen LogP contribution < -0.4 is 11.1 Å². The first-order valence-electron chi connectivity index (χ1n) is 7.60. The summed E-state index contributed by atoms with van der Waals surface area (Å²) >= 11 is 4.92. The van der Waals surface area contributed by atoms with Crippen molar-refractivity contribution in [1.82, 2.24) is 10.2 Å². The van der Waals surface area contributed by atoms with Gasteiger partial charge in [0.15, 0.2) is 0 Å². The molecule has 2 aliphatic rings. The van der Waals surface area contributed by atoms with Gasteiger partial charge in [-0.15, -0.1) is 0 Å². The minimum absolute atomic E-state index is 0.00177. The first kappa shape index (κ1) is 14.5. The Hall–Kier alpha value is -1.46. The number of nitrogens with zero attached hydrogens (tertiary/aromatic N) is 1. The van der Waals surface area contributed by atoms with Gasteiger partial charge < -0.3 is 11.1 Å². The molecule has 1 aromatic carbocycles. The smallest absolute Gasteiger partial charge is 0.251 e. The lowest BCUT2D eigenvalue weighted by atomic mass is 9.98. The number of thiocarbonyl (C=S) groups is 1. The normalized spacial score (nSPS) is 25.3. The molecule has 0 radical (unpaired) electrons. The van der Waals surface area contributed by atoms with E-state index in [0.717, 1.165) is 18.5 Å². The highest BCUT2D eigenvalue weighted by Crippen LogP contribution is 2.27. The summed E-state index contributed by atoms with van der Waals surface area (Å²) in [6, 6.07) is 8.00. The van der Waals surface area contributed by atoms with Crippen LogP contribution in [-0.4, -0.2) is 41.0 Å². The predicted octanol–water partition coefficient (Wildman–Crippen LogP) is 1.68. The molecule has 3 N–H and O–H groups in total. The Kier molecular flexibility index (Phi) is 4.22. The molecule has 21 heavy (non-hydrogen) atoms. The van der Waals surface area contributed by atoms with E-state index in [9.17, 15) is 4.79 Å². The van der Waals surface area contributed by atoms with Crippen molar-refractivity contribution in [3.8, 4) is 0 Å². The van der Waals surface area contributed by atoms with E-state index in [1.807, 2.05) is 0 Å². The van der Waals surface area contributed by atoms with Crippen LogP contribution in [0.25, 0.3) is 0 Å². The van der Waals surface area contributed by atoms with E-state index in [4.69, 9.17) is 18.0 Å². The summed E-state index contributed by atoms with van der Waals surface area (Å²) in [6.45, 7) is 2.29. The van der Waals surface area contributed by atoms with Crippen molar-refractivity contribution in [3.63, 3.8) is 0 Å². The second kappa shape index (κ2) is 6.12. The molecule has 5 heteroatoms. The second-order valence-corrected chi connectivity index (χ2v) is 6.35. The summed E-state index contributed by atoms with van der Waals surface area (Å²) in [7, 11) is 0. The van der Waals surface area contributed by atoms with Gasteiger partial charge in [0.1, 0.15) is 4.99 Å². The monoisotopic (exact) mass is 303 g/mol. The molecular weight excluding hydrogens is 282 g/mol. The molecular formula is C16H21N3OS. The third kappa shape index (κ3) is 3.09. The van der Waals surface area contributed by atoms with Gasteiger partial charge in [-0.05, 0) is 37.9 Å². The molecule has 1 amide bonds. The van der Waals surface area contributed by atoms with Gasteiger partial charge in [-0.2, -0.15) is 0 Å². The van der Waals surface area contributed by atoms with Crippen molar-refractivity contribution in [2.45, 2.75) is 37.8 Å². The van der Waals surface area contributed by atoms with Crippen LogP contribution in [0.4, 0.5) is 0 Å². The van der Waals surface area contributed by atoms with Crippen molar-refractivity contribution < 1.29 is 4.79 Å². The van der Waals surface area contributed by atoms with Crippen LogP contribution >= 0.6 is 12.2 Å². The number of fused-ring (bicyclic) bond motifs is 1. The molecule has 0 saturated carbocycles. The minimum Gasteiger partial charge on any atom is -0.389 e. The van der Waals surface area contributed by atoms with Crippen LogP contribution in [0.3, 0.4) is 0 Å². The fourth-order valence-corrected chi connectivity index (χ4v) is 3.59. The molecule has 0 spiro atoms. The first-order valence-corrected chi connectivity index (χ1v) is 8.01. The maximum atomic E-state index is 12.4. The SMILES string of the molecule is NC(=S)c1ccc(C(=O)NC2CCN3CCCCC23)cc1. The molecule has 2 fully saturated rings. The number of rotatable bonds is 3. The number of hydrogen-bond acceptors (Lipinski definition) is 3. The zero-order valence-electron chi connectivity index (χ0n) is 12.0. The van der Waals surface area contributed by atoms with Crippen molar-refractivity contribution in [1.29, 1.82) is 0 Å². The molecule has 0 aromatic heterocycles. The Bertz CT molecular complexity index is 543. The molecule has 0 aliphatic carbocycles. The number of carbonyl (C=O) groups excluding carboxylic acids is 1. The summed E-state index contributed by atoms with van der Waals surface area (Å²) in [5, 5.41) is 3.20. The lowest BCUT2D eigenvalue weighted by Crippen LogP contribution is -2.46. The standard InChI is InChI=1S/C16H21N3OS/c17-15(21)11-4-6-12(7-5-11)16(20)18-13-8-10-19-9-2-1-3-14(13)19/h4-7,13-14H,1-3,8-10H2,(H2,17,21)(H,18,20). The average molecular weight is 303 g/mol. The van der Waals surface area contributed by atoms with Crippen LogP contribution in [0.1, 0.15) is 41.6 Å². The van der Waals surface area contributed by atoms with Crippen molar-refractivity contribution in [2.75, 3.05) is 13.1 Å². The molecule has 112 valence electrons. The molecule has 0 bridgehead atoms. The largest absolute Gasteiger partial charge is 0.389 e. The zero-order chi connectivity index (χ0) is 14.8. The van der Waals surface area contributed by atoms with Gasteiger partial charge in [0.05, 0.1) is 0 Å². The van der Waals surface area contributed by atoms with Gasteiger partial charge in [0.25, 0.3) is 5.91 Å². The topological polar surface area (TPSA) is 58.4 Å². The minimum atomic E-state index is 0.00177. The van der Waals surface area contributed by atoms with Crippen molar-refractivity contribution in [3.05, 3.63) is 35.4 Å². The molecule has 2 saturated heterocycles. The van der Waals surface area contributed by atoms with E-state index < -0.39 is 0 Å². The molecule has 2 heterocycles. The quantitative estimate of drug-likeness (QED) is 0.834. The van der Waals surface area contributed by atoms with Gasteiger partial charge in [0.2, 0.25) is 0 Å². The summed E-state index contributed by atoms with van der Waals surface area (Å²) in [5.74, 6) is 0.00177. The summed E-state index contributed by atoms with van der Waals surface area (Å²) < 4.78 is 0. The van der Waals surface area contributed by atoms with E-state index >= 15 is 0 Å². The van der Waals surface area contributed by atoms with E-state index in [-0.39, 0.29) is 11.9 Å². The first-order chi connectivity index (χ1) is 10.1. The van der Waals surface area contributed by atoms with Crippen LogP contribution in [0.2, 0.25) is 0 Å². The summed E-state index contributed by atoms with van der Waals surface area (Å²) in [5.41, 5.74) is 7.03. The molecule has 2 aliphatic heterocycles. The third-order valence-electron chi connectivity index (χ3n) is 4.60. The number of hydrogen-bond donors (Lipinski definition) is 2. The number of benzene rings is 1.